The smallest absolute Gasteiger partial charge is 0.335 e. The number of nitrogens with one attached hydrogen (secondary N) is 2. The van der Waals surface area contributed by atoms with E-state index in [1.165, 1.54) is 12.1 Å². The Bertz CT molecular complexity index is 913. The summed E-state index contributed by atoms with van der Waals surface area (Å²) in [6, 6.07) is 6.15. The Morgan fingerprint density at radius 1 is 1.24 bits per heavy atom. The molecule has 7 nitrogen and oxygen atoms in total. The monoisotopic (exact) mass is 363 g/mol. The first-order valence-electron chi connectivity index (χ1n) is 8.12. The number of carbonyl (C=O) groups is 1. The molecular formula is C17H18ClN3O4. The molecule has 0 saturated heterocycles. The van der Waals surface area contributed by atoms with Gasteiger partial charge < -0.3 is 10.4 Å². The van der Waals surface area contributed by atoms with E-state index >= 15 is 0 Å². The molecule has 1 aromatic heterocycles. The van der Waals surface area contributed by atoms with E-state index in [1.807, 2.05) is 0 Å². The van der Waals surface area contributed by atoms with Gasteiger partial charge in [0.05, 0.1) is 5.69 Å². The third kappa shape index (κ3) is 3.61. The number of hydrogen-bond donors (Lipinski definition) is 3. The summed E-state index contributed by atoms with van der Waals surface area (Å²) in [6.45, 7) is 0. The zero-order valence-corrected chi connectivity index (χ0v) is 14.2. The van der Waals surface area contributed by atoms with Gasteiger partial charge in [0.15, 0.2) is 5.56 Å². The van der Waals surface area contributed by atoms with Crippen molar-refractivity contribution in [3.05, 3.63) is 55.7 Å². The van der Waals surface area contributed by atoms with Crippen molar-refractivity contribution >= 4 is 17.5 Å². The van der Waals surface area contributed by atoms with Crippen LogP contribution in [0.4, 0.5) is 0 Å². The van der Waals surface area contributed by atoms with Gasteiger partial charge in [0, 0.05) is 11.1 Å². The molecule has 8 heteroatoms. The first-order chi connectivity index (χ1) is 12.0. The van der Waals surface area contributed by atoms with Crippen LogP contribution in [0.5, 0.6) is 5.88 Å². The second kappa shape index (κ2) is 7.14. The Balaban J connectivity index is 2.02. The van der Waals surface area contributed by atoms with Crippen molar-refractivity contribution in [2.45, 2.75) is 38.1 Å². The average Bonchev–Trinajstić information content (AvgIpc) is 2.55. The van der Waals surface area contributed by atoms with Crippen molar-refractivity contribution in [3.63, 3.8) is 0 Å². The van der Waals surface area contributed by atoms with Crippen molar-refractivity contribution in [2.75, 3.05) is 0 Å². The van der Waals surface area contributed by atoms with Gasteiger partial charge in [-0.2, -0.15) is 0 Å². The van der Waals surface area contributed by atoms with E-state index in [9.17, 15) is 19.5 Å². The largest absolute Gasteiger partial charge is 0.493 e. The first kappa shape index (κ1) is 17.3. The number of halogens is 1. The third-order valence-corrected chi connectivity index (χ3v) is 4.55. The Morgan fingerprint density at radius 2 is 1.96 bits per heavy atom. The summed E-state index contributed by atoms with van der Waals surface area (Å²) in [5, 5.41) is 13.5. The molecule has 1 fully saturated rings. The molecule has 1 aromatic carbocycles. The topological polar surface area (TPSA) is 104 Å². The van der Waals surface area contributed by atoms with Gasteiger partial charge in [0.2, 0.25) is 5.88 Å². The second-order valence-electron chi connectivity index (χ2n) is 6.08. The molecule has 0 spiro atoms. The number of carbonyl (C=O) groups excluding carboxylic acids is 1. The molecule has 25 heavy (non-hydrogen) atoms. The van der Waals surface area contributed by atoms with Gasteiger partial charge in [-0.3, -0.25) is 14.6 Å². The minimum absolute atomic E-state index is 0.0356. The zero-order chi connectivity index (χ0) is 18.0. The van der Waals surface area contributed by atoms with Crippen LogP contribution >= 0.6 is 11.6 Å². The maximum Gasteiger partial charge on any atom is 0.335 e. The molecule has 1 aliphatic rings. The molecule has 0 radical (unpaired) electrons. The van der Waals surface area contributed by atoms with Crippen LogP contribution in [-0.4, -0.2) is 26.6 Å². The van der Waals surface area contributed by atoms with E-state index < -0.39 is 28.6 Å². The standard InChI is InChI=1S/C17H18ClN3O4/c18-10-5-4-8-12(9-10)21-16(24)13(15(23)20-17(21)25)14(22)19-11-6-2-1-3-7-11/h4-5,8-9,11,24H,1-3,6-7H2,(H,19,22)(H,20,23,25). The number of aromatic nitrogens is 2. The van der Waals surface area contributed by atoms with E-state index in [0.717, 1.165) is 36.7 Å². The maximum absolute atomic E-state index is 12.5. The van der Waals surface area contributed by atoms with Crippen molar-refractivity contribution in [2.24, 2.45) is 0 Å². The molecule has 2 aromatic rings. The molecule has 1 amide bonds. The molecule has 0 atom stereocenters. The van der Waals surface area contributed by atoms with E-state index in [1.54, 1.807) is 12.1 Å². The first-order valence-corrected chi connectivity index (χ1v) is 8.50. The minimum Gasteiger partial charge on any atom is -0.493 e. The maximum atomic E-state index is 12.5. The molecule has 3 N–H and O–H groups in total. The molecule has 132 valence electrons. The Labute approximate surface area is 148 Å². The summed E-state index contributed by atoms with van der Waals surface area (Å²) in [4.78, 5) is 38.7. The molecule has 0 aliphatic heterocycles. The molecule has 0 bridgehead atoms. The van der Waals surface area contributed by atoms with Crippen LogP contribution in [0, 0.1) is 0 Å². The highest BCUT2D eigenvalue weighted by atomic mass is 35.5. The third-order valence-electron chi connectivity index (χ3n) is 4.32. The van der Waals surface area contributed by atoms with Gasteiger partial charge in [-0.1, -0.05) is 36.9 Å². The lowest BCUT2D eigenvalue weighted by Gasteiger charge is -2.22. The summed E-state index contributed by atoms with van der Waals surface area (Å²) >= 11 is 5.91. The van der Waals surface area contributed by atoms with Gasteiger partial charge in [-0.05, 0) is 31.0 Å². The van der Waals surface area contributed by atoms with Crippen LogP contribution in [0.3, 0.4) is 0 Å². The van der Waals surface area contributed by atoms with Crippen LogP contribution in [0.25, 0.3) is 5.69 Å². The number of H-pyrrole nitrogens is 1. The summed E-state index contributed by atoms with van der Waals surface area (Å²) in [6.07, 6.45) is 4.80. The summed E-state index contributed by atoms with van der Waals surface area (Å²) in [5.41, 5.74) is -2.00. The van der Waals surface area contributed by atoms with Crippen molar-refractivity contribution in [1.82, 2.24) is 14.9 Å². The van der Waals surface area contributed by atoms with E-state index in [0.29, 0.717) is 5.02 Å². The van der Waals surface area contributed by atoms with Gasteiger partial charge in [-0.25, -0.2) is 9.36 Å². The number of amides is 1. The minimum atomic E-state index is -0.922. The van der Waals surface area contributed by atoms with Crippen LogP contribution in [0.15, 0.2) is 33.9 Å². The van der Waals surface area contributed by atoms with Gasteiger partial charge in [-0.15, -0.1) is 0 Å². The lowest BCUT2D eigenvalue weighted by molar-refractivity contribution is 0.0922. The van der Waals surface area contributed by atoms with Crippen molar-refractivity contribution in [3.8, 4) is 11.6 Å². The van der Waals surface area contributed by atoms with Gasteiger partial charge in [0.25, 0.3) is 11.5 Å². The van der Waals surface area contributed by atoms with E-state index in [2.05, 4.69) is 10.3 Å². The van der Waals surface area contributed by atoms with Gasteiger partial charge in [0.1, 0.15) is 0 Å². The van der Waals surface area contributed by atoms with E-state index in [-0.39, 0.29) is 11.7 Å². The zero-order valence-electron chi connectivity index (χ0n) is 13.4. The number of rotatable bonds is 3. The van der Waals surface area contributed by atoms with E-state index in [4.69, 9.17) is 11.6 Å². The van der Waals surface area contributed by atoms with Crippen LogP contribution < -0.4 is 16.6 Å². The quantitative estimate of drug-likeness (QED) is 0.775. The summed E-state index contributed by atoms with van der Waals surface area (Å²) in [5.74, 6) is -1.40. The highest BCUT2D eigenvalue weighted by molar-refractivity contribution is 6.30. The number of nitrogens with zero attached hydrogens (tertiary/aromatic N) is 1. The van der Waals surface area contributed by atoms with Crippen molar-refractivity contribution < 1.29 is 9.90 Å². The second-order valence-corrected chi connectivity index (χ2v) is 6.52. The van der Waals surface area contributed by atoms with Crippen LogP contribution in [-0.2, 0) is 0 Å². The van der Waals surface area contributed by atoms with Crippen LogP contribution in [0.1, 0.15) is 42.5 Å². The Morgan fingerprint density at radius 3 is 2.64 bits per heavy atom. The molecule has 1 heterocycles. The lowest BCUT2D eigenvalue weighted by atomic mass is 9.95. The Hall–Kier alpha value is -2.54. The Kier molecular flexibility index (Phi) is 4.94. The molecule has 0 unspecified atom stereocenters. The number of aromatic amines is 1. The SMILES string of the molecule is O=C(NC1CCCCC1)c1c(O)n(-c2cccc(Cl)c2)c(=O)[nH]c1=O. The number of hydrogen-bond acceptors (Lipinski definition) is 4. The summed E-state index contributed by atoms with van der Waals surface area (Å²) < 4.78 is 0.850. The highest BCUT2D eigenvalue weighted by Crippen LogP contribution is 2.21. The lowest BCUT2D eigenvalue weighted by Crippen LogP contribution is -2.41. The summed E-state index contributed by atoms with van der Waals surface area (Å²) in [7, 11) is 0. The molecule has 1 aliphatic carbocycles. The molecule has 1 saturated carbocycles. The highest BCUT2D eigenvalue weighted by Gasteiger charge is 2.24. The predicted octanol–water partition coefficient (Wildman–Crippen LogP) is 1.95. The molecule has 3 rings (SSSR count). The normalized spacial score (nSPS) is 15.1. The fraction of sp³-hybridized carbons (Fsp3) is 0.353. The fourth-order valence-electron chi connectivity index (χ4n) is 3.09. The van der Waals surface area contributed by atoms with Crippen LogP contribution in [0.2, 0.25) is 5.02 Å². The van der Waals surface area contributed by atoms with Crippen molar-refractivity contribution in [1.29, 1.82) is 0 Å². The fourth-order valence-corrected chi connectivity index (χ4v) is 3.27. The van der Waals surface area contributed by atoms with Gasteiger partial charge >= 0.3 is 5.69 Å². The predicted molar refractivity (Wildman–Crippen MR) is 93.7 cm³/mol. The number of benzene rings is 1. The average molecular weight is 364 g/mol. The molecular weight excluding hydrogens is 346 g/mol. The number of aromatic hydroxyl groups is 1.